The van der Waals surface area contributed by atoms with Gasteiger partial charge in [-0.3, -0.25) is 9.80 Å². The molecule has 0 radical (unpaired) electrons. The molecule has 334 valence electrons. The molecule has 14 nitrogen and oxygen atoms in total. The first-order valence-corrected chi connectivity index (χ1v) is 24.2. The molecular weight excluding hydrogens is 857 g/mol. The predicted molar refractivity (Wildman–Crippen MR) is 238 cm³/mol. The first kappa shape index (κ1) is 44.4. The van der Waals surface area contributed by atoms with Crippen LogP contribution in [0.1, 0.15) is 49.9 Å². The summed E-state index contributed by atoms with van der Waals surface area (Å²) in [4.78, 5) is 44.9. The molecule has 0 atom stereocenters. The number of nitrogens with zero attached hydrogens (tertiary/aromatic N) is 4. The lowest BCUT2D eigenvalue weighted by atomic mass is 10.1. The van der Waals surface area contributed by atoms with E-state index in [0.29, 0.717) is 47.1 Å². The van der Waals surface area contributed by atoms with Gasteiger partial charge in [0.1, 0.15) is 11.5 Å². The van der Waals surface area contributed by atoms with E-state index in [2.05, 4.69) is 9.80 Å². The molecular formula is C48H50N4O10S2. The predicted octanol–water partition coefficient (Wildman–Crippen LogP) is 6.89. The van der Waals surface area contributed by atoms with Crippen LogP contribution in [0.3, 0.4) is 0 Å². The minimum Gasteiger partial charge on any atom is -0.496 e. The second-order valence-electron chi connectivity index (χ2n) is 15.8. The Morgan fingerprint density at radius 2 is 0.844 bits per heavy atom. The van der Waals surface area contributed by atoms with E-state index in [1.165, 1.54) is 84.3 Å². The lowest BCUT2D eigenvalue weighted by Gasteiger charge is -2.27. The van der Waals surface area contributed by atoms with Crippen LogP contribution in [0.4, 0.5) is 0 Å². The number of sulfone groups is 2. The minimum absolute atomic E-state index is 0.0111. The molecule has 8 rings (SSSR count). The highest BCUT2D eigenvalue weighted by Crippen LogP contribution is 2.37. The maximum atomic E-state index is 14.2. The molecule has 0 aliphatic carbocycles. The third kappa shape index (κ3) is 9.36. The Labute approximate surface area is 373 Å². The summed E-state index contributed by atoms with van der Waals surface area (Å²) in [5.41, 5.74) is 2.21. The van der Waals surface area contributed by atoms with E-state index in [0.717, 1.165) is 64.7 Å². The monoisotopic (exact) mass is 906 g/mol. The lowest BCUT2D eigenvalue weighted by Crippen LogP contribution is -2.38. The van der Waals surface area contributed by atoms with Crippen molar-refractivity contribution in [1.82, 2.24) is 19.3 Å². The Hall–Kier alpha value is -6.20. The van der Waals surface area contributed by atoms with Crippen molar-refractivity contribution in [2.75, 3.05) is 40.4 Å². The van der Waals surface area contributed by atoms with E-state index in [1.54, 1.807) is 60.7 Å². The van der Waals surface area contributed by atoms with E-state index < -0.39 is 31.6 Å². The van der Waals surface area contributed by atoms with Gasteiger partial charge >= 0.3 is 11.9 Å². The molecule has 2 aromatic heterocycles. The van der Waals surface area contributed by atoms with Gasteiger partial charge in [0.25, 0.3) is 0 Å². The Bertz CT molecular complexity index is 2650. The fourth-order valence-electron chi connectivity index (χ4n) is 8.29. The first-order valence-electron chi connectivity index (χ1n) is 21.3. The normalized spacial score (nSPS) is 15.1. The third-order valence-electron chi connectivity index (χ3n) is 11.6. The summed E-state index contributed by atoms with van der Waals surface area (Å²) in [5, 5.41) is 0. The van der Waals surface area contributed by atoms with E-state index in [9.17, 15) is 26.4 Å². The Morgan fingerprint density at radius 1 is 0.469 bits per heavy atom. The molecule has 4 aromatic carbocycles. The molecule has 16 heteroatoms. The Morgan fingerprint density at radius 3 is 1.20 bits per heavy atom. The maximum absolute atomic E-state index is 14.2. The van der Waals surface area contributed by atoms with Crippen LogP contribution in [0.2, 0.25) is 0 Å². The largest absolute Gasteiger partial charge is 0.496 e. The van der Waals surface area contributed by atoms with Crippen LogP contribution >= 0.6 is 0 Å². The molecule has 0 amide bonds. The number of aromatic nitrogens is 2. The highest BCUT2D eigenvalue weighted by Gasteiger charge is 2.30. The quantitative estimate of drug-likeness (QED) is 0.105. The van der Waals surface area contributed by atoms with Gasteiger partial charge in [-0.1, -0.05) is 49.2 Å². The molecule has 2 aliphatic rings. The molecule has 0 spiro atoms. The zero-order chi connectivity index (χ0) is 44.8. The van der Waals surface area contributed by atoms with Crippen molar-refractivity contribution >= 4 is 31.6 Å². The van der Waals surface area contributed by atoms with E-state index in [-0.39, 0.29) is 31.0 Å². The van der Waals surface area contributed by atoms with Crippen molar-refractivity contribution in [3.8, 4) is 34.0 Å². The zero-order valence-corrected chi connectivity index (χ0v) is 37.4. The summed E-state index contributed by atoms with van der Waals surface area (Å²) in [6.45, 7) is 4.01. The zero-order valence-electron chi connectivity index (χ0n) is 35.7. The second-order valence-corrected chi connectivity index (χ2v) is 19.7. The molecule has 2 aliphatic heterocycles. The molecule has 2 saturated heterocycles. The number of likely N-dealkylation sites (tertiary alicyclic amines) is 2. The van der Waals surface area contributed by atoms with Crippen molar-refractivity contribution < 1.29 is 45.6 Å². The summed E-state index contributed by atoms with van der Waals surface area (Å²) < 4.78 is 69.1. The number of carbonyl (C=O) groups excluding carboxylic acids is 2. The Balaban J connectivity index is 1.17. The molecule has 6 aromatic rings. The van der Waals surface area contributed by atoms with Crippen molar-refractivity contribution in [3.05, 3.63) is 133 Å². The molecule has 0 saturated carbocycles. The van der Waals surface area contributed by atoms with Gasteiger partial charge in [-0.05, 0) is 137 Å². The summed E-state index contributed by atoms with van der Waals surface area (Å²) in [6, 6.07) is 31.9. The fraction of sp³-hybridized carbons (Fsp3) is 0.292. The average Bonchev–Trinajstić information content (AvgIpc) is 3.91. The average molecular weight is 907 g/mol. The van der Waals surface area contributed by atoms with Crippen molar-refractivity contribution in [2.24, 2.45) is 0 Å². The summed E-state index contributed by atoms with van der Waals surface area (Å²) in [6.07, 6.45) is 6.19. The number of ether oxygens (including phenoxy) is 2. The minimum atomic E-state index is -3.96. The smallest absolute Gasteiger partial charge is 0.444 e. The number of hydrogen-bond donors (Lipinski definition) is 0. The van der Waals surface area contributed by atoms with Gasteiger partial charge in [0.05, 0.1) is 56.6 Å². The van der Waals surface area contributed by atoms with Gasteiger partial charge in [0, 0.05) is 24.2 Å². The van der Waals surface area contributed by atoms with Crippen LogP contribution in [0.15, 0.2) is 141 Å². The maximum Gasteiger partial charge on any atom is 0.444 e. The van der Waals surface area contributed by atoms with Gasteiger partial charge in [-0.15, -0.1) is 0 Å². The van der Waals surface area contributed by atoms with Gasteiger partial charge in [0.15, 0.2) is 0 Å². The molecule has 0 bridgehead atoms. The molecule has 2 fully saturated rings. The Kier molecular flexibility index (Phi) is 13.4. The van der Waals surface area contributed by atoms with Crippen LogP contribution in [-0.2, 0) is 42.4 Å². The topological polar surface area (TPSA) is 156 Å². The van der Waals surface area contributed by atoms with Crippen LogP contribution in [0.25, 0.3) is 22.5 Å². The molecule has 64 heavy (non-hydrogen) atoms. The van der Waals surface area contributed by atoms with E-state index >= 15 is 0 Å². The van der Waals surface area contributed by atoms with Crippen molar-refractivity contribution in [3.63, 3.8) is 0 Å². The highest BCUT2D eigenvalue weighted by atomic mass is 32.2. The first-order chi connectivity index (χ1) is 31.0. The number of piperidine rings is 2. The highest BCUT2D eigenvalue weighted by molar-refractivity contribution is 7.91. The number of rotatable bonds is 14. The lowest BCUT2D eigenvalue weighted by molar-refractivity contribution is -0.168. The van der Waals surface area contributed by atoms with Crippen molar-refractivity contribution in [2.45, 2.75) is 71.2 Å². The second kappa shape index (κ2) is 19.3. The van der Waals surface area contributed by atoms with Gasteiger partial charge in [-0.25, -0.2) is 26.4 Å². The number of hydrogen-bond acceptors (Lipinski definition) is 12. The SMILES string of the molecule is COc1ccc(S(=O)(=O)c2ccccc2)cc1-c1ccc(CN2CCCCC2)n1OC(=O)C(=O)On1c(CN2CCCCC2)ccc1-c1cc(S(=O)(=O)c2ccccc2)ccc1OC. The standard InChI is InChI=1S/C48H50N4O10S2/c1-59-45-25-21-39(63(55,56)37-15-7-3-8-16-37)31-41(45)43-23-19-35(33-49-27-11-5-12-28-49)51(43)61-47(53)48(54)62-52-36(34-50-29-13-6-14-30-50)20-24-44(52)42-32-40(22-26-46(42)60-2)64(57,58)38-17-9-4-10-18-38/h3-4,7-10,15-26,31-32H,5-6,11-14,27-30,33-34H2,1-2H3. The van der Waals surface area contributed by atoms with Crippen molar-refractivity contribution in [1.29, 1.82) is 0 Å². The van der Waals surface area contributed by atoms with Gasteiger partial charge in [0.2, 0.25) is 19.7 Å². The summed E-state index contributed by atoms with van der Waals surface area (Å²) in [5.74, 6) is -2.11. The number of carbonyl (C=O) groups is 2. The summed E-state index contributed by atoms with van der Waals surface area (Å²) in [7, 11) is -5.03. The van der Waals surface area contributed by atoms with E-state index in [4.69, 9.17) is 19.1 Å². The van der Waals surface area contributed by atoms with Crippen LogP contribution in [0.5, 0.6) is 11.5 Å². The van der Waals surface area contributed by atoms with Crippen LogP contribution < -0.4 is 19.1 Å². The number of benzene rings is 4. The van der Waals surface area contributed by atoms with Gasteiger partial charge in [-0.2, -0.15) is 9.46 Å². The van der Waals surface area contributed by atoms with Crippen LogP contribution in [0, 0.1) is 0 Å². The molecule has 0 N–H and O–H groups in total. The number of methoxy groups -OCH3 is 2. The van der Waals surface area contributed by atoms with Crippen LogP contribution in [-0.4, -0.2) is 88.4 Å². The van der Waals surface area contributed by atoms with E-state index in [1.807, 2.05) is 0 Å². The fourth-order valence-corrected chi connectivity index (χ4v) is 10.9. The molecule has 0 unspecified atom stereocenters. The molecule has 4 heterocycles. The van der Waals surface area contributed by atoms with Gasteiger partial charge < -0.3 is 19.1 Å². The third-order valence-corrected chi connectivity index (χ3v) is 15.2. The summed E-state index contributed by atoms with van der Waals surface area (Å²) >= 11 is 0.